The summed E-state index contributed by atoms with van der Waals surface area (Å²) >= 11 is 0. The van der Waals surface area contributed by atoms with Crippen molar-refractivity contribution < 1.29 is 14.0 Å². The first kappa shape index (κ1) is 53.1. The lowest BCUT2D eigenvalue weighted by molar-refractivity contribution is 0.194. The molecule has 0 heterocycles. The Kier molecular flexibility index (Phi) is 44.9. The topological polar surface area (TPSA) is 49.8 Å². The Balaban J connectivity index is 3.91. The van der Waals surface area contributed by atoms with Crippen LogP contribution in [0.2, 0.25) is 0 Å². The first-order valence-corrected chi connectivity index (χ1v) is 26.3. The molecule has 0 amide bonds. The lowest BCUT2D eigenvalue weighted by Gasteiger charge is -2.26. The van der Waals surface area contributed by atoms with Gasteiger partial charge in [-0.25, -0.2) is 9.24 Å². The molecule has 0 aromatic carbocycles. The number of unbranched alkanes of at least 4 members (excludes halogenated alkanes) is 39. The molecule has 5 heteroatoms. The monoisotopic (exact) mass is 770 g/mol. The molecular formula is C48H100NO3P. The Morgan fingerprint density at radius 1 is 0.321 bits per heavy atom. The van der Waals surface area contributed by atoms with E-state index in [1.165, 1.54) is 231 Å². The van der Waals surface area contributed by atoms with Gasteiger partial charge in [0.15, 0.2) is 0 Å². The summed E-state index contributed by atoms with van der Waals surface area (Å²) in [5.41, 5.74) is 0. The van der Waals surface area contributed by atoms with Crippen molar-refractivity contribution in [1.29, 1.82) is 0 Å². The van der Waals surface area contributed by atoms with Crippen LogP contribution in [0.1, 0.15) is 290 Å². The summed E-state index contributed by atoms with van der Waals surface area (Å²) in [6.45, 7) is 8.58. The van der Waals surface area contributed by atoms with Crippen LogP contribution in [-0.4, -0.2) is 29.3 Å². The van der Waals surface area contributed by atoms with Gasteiger partial charge in [-0.3, -0.25) is 4.52 Å². The first-order chi connectivity index (χ1) is 26.1. The molecule has 0 aliphatic carbocycles. The fourth-order valence-electron chi connectivity index (χ4n) is 7.90. The molecule has 1 atom stereocenters. The largest absolute Gasteiger partial charge is 0.405 e. The zero-order chi connectivity index (χ0) is 38.6. The van der Waals surface area contributed by atoms with Crippen molar-refractivity contribution in [3.05, 3.63) is 0 Å². The smallest absolute Gasteiger partial charge is 0.312 e. The standard InChI is InChI=1S/C48H100NO3P/c1-4-7-10-13-15-17-19-21-23-25-27-29-31-33-35-37-39-41-43-46-49(53(50,51)52-48-45-12-9-6-3)47-44-42-40-38-36-34-32-30-28-26-24-22-20-18-16-14-11-8-5-2/h4-48H2,1-3H3,(H,50,51). The van der Waals surface area contributed by atoms with Crippen LogP contribution >= 0.6 is 7.75 Å². The van der Waals surface area contributed by atoms with Crippen LogP contribution in [0.4, 0.5) is 0 Å². The van der Waals surface area contributed by atoms with E-state index in [-0.39, 0.29) is 0 Å². The van der Waals surface area contributed by atoms with Gasteiger partial charge in [0.1, 0.15) is 0 Å². The zero-order valence-corrected chi connectivity index (χ0v) is 37.9. The summed E-state index contributed by atoms with van der Waals surface area (Å²) in [6, 6.07) is 0. The zero-order valence-electron chi connectivity index (χ0n) is 37.0. The Morgan fingerprint density at radius 2 is 0.509 bits per heavy atom. The minimum atomic E-state index is -3.71. The maximum absolute atomic E-state index is 13.3. The minimum Gasteiger partial charge on any atom is -0.312 e. The highest BCUT2D eigenvalue weighted by Gasteiger charge is 2.28. The lowest BCUT2D eigenvalue weighted by Crippen LogP contribution is -2.24. The van der Waals surface area contributed by atoms with E-state index in [4.69, 9.17) is 4.52 Å². The summed E-state index contributed by atoms with van der Waals surface area (Å²) < 4.78 is 20.7. The van der Waals surface area contributed by atoms with Crippen molar-refractivity contribution >= 4 is 7.75 Å². The van der Waals surface area contributed by atoms with Gasteiger partial charge in [0.05, 0.1) is 6.61 Å². The number of hydrogen-bond acceptors (Lipinski definition) is 2. The average Bonchev–Trinajstić information content (AvgIpc) is 3.15. The Morgan fingerprint density at radius 3 is 0.736 bits per heavy atom. The molecular weight excluding hydrogens is 670 g/mol. The second kappa shape index (κ2) is 44.8. The van der Waals surface area contributed by atoms with E-state index in [0.717, 1.165) is 38.5 Å². The van der Waals surface area contributed by atoms with Crippen LogP contribution in [0.15, 0.2) is 0 Å². The molecule has 53 heavy (non-hydrogen) atoms. The van der Waals surface area contributed by atoms with Gasteiger partial charge in [-0.1, -0.05) is 271 Å². The lowest BCUT2D eigenvalue weighted by atomic mass is 10.0. The number of hydrogen-bond donors (Lipinski definition) is 1. The van der Waals surface area contributed by atoms with Crippen LogP contribution in [0, 0.1) is 0 Å². The highest BCUT2D eigenvalue weighted by molar-refractivity contribution is 7.50. The number of nitrogens with zero attached hydrogens (tertiary/aromatic N) is 1. The maximum atomic E-state index is 13.3. The van der Waals surface area contributed by atoms with E-state index in [9.17, 15) is 9.46 Å². The molecule has 1 N–H and O–H groups in total. The van der Waals surface area contributed by atoms with Crippen molar-refractivity contribution in [3.63, 3.8) is 0 Å². The molecule has 0 rings (SSSR count). The van der Waals surface area contributed by atoms with Crippen LogP contribution < -0.4 is 0 Å². The molecule has 0 bridgehead atoms. The molecule has 320 valence electrons. The quantitative estimate of drug-likeness (QED) is 0.0495. The van der Waals surface area contributed by atoms with Crippen molar-refractivity contribution in [3.8, 4) is 0 Å². The molecule has 0 saturated carbocycles. The van der Waals surface area contributed by atoms with E-state index >= 15 is 0 Å². The van der Waals surface area contributed by atoms with Gasteiger partial charge in [0, 0.05) is 13.1 Å². The second-order valence-corrected chi connectivity index (χ2v) is 18.9. The van der Waals surface area contributed by atoms with Crippen LogP contribution in [0.3, 0.4) is 0 Å². The highest BCUT2D eigenvalue weighted by atomic mass is 31.2. The van der Waals surface area contributed by atoms with Crippen LogP contribution in [0.25, 0.3) is 0 Å². The van der Waals surface area contributed by atoms with Crippen LogP contribution in [0.5, 0.6) is 0 Å². The van der Waals surface area contributed by atoms with Gasteiger partial charge in [-0.2, -0.15) is 0 Å². The van der Waals surface area contributed by atoms with E-state index < -0.39 is 7.75 Å². The van der Waals surface area contributed by atoms with Crippen molar-refractivity contribution in [1.82, 2.24) is 4.67 Å². The molecule has 0 fully saturated rings. The van der Waals surface area contributed by atoms with E-state index in [2.05, 4.69) is 20.8 Å². The summed E-state index contributed by atoms with van der Waals surface area (Å²) in [7, 11) is -3.71. The molecule has 0 aromatic heterocycles. The van der Waals surface area contributed by atoms with Gasteiger partial charge >= 0.3 is 7.75 Å². The molecule has 0 aliphatic rings. The van der Waals surface area contributed by atoms with Gasteiger partial charge in [0.25, 0.3) is 0 Å². The normalized spacial score (nSPS) is 13.0. The van der Waals surface area contributed by atoms with E-state index in [0.29, 0.717) is 19.7 Å². The average molecular weight is 770 g/mol. The van der Waals surface area contributed by atoms with Gasteiger partial charge in [-0.15, -0.1) is 0 Å². The predicted octanol–water partition coefficient (Wildman–Crippen LogP) is 17.8. The maximum Gasteiger partial charge on any atom is 0.405 e. The third-order valence-electron chi connectivity index (χ3n) is 11.7. The SMILES string of the molecule is CCCCCCCCCCCCCCCCCCCCCN(CCCCCCCCCCCCCCCCCCCCC)P(=O)(O)OCCCCCC. The molecule has 0 aliphatic heterocycles. The fraction of sp³-hybridized carbons (Fsp3) is 1.00. The molecule has 0 spiro atoms. The van der Waals surface area contributed by atoms with Crippen LogP contribution in [-0.2, 0) is 9.09 Å². The van der Waals surface area contributed by atoms with Crippen molar-refractivity contribution in [2.24, 2.45) is 0 Å². The predicted molar refractivity (Wildman–Crippen MR) is 238 cm³/mol. The molecule has 0 saturated heterocycles. The molecule has 4 nitrogen and oxygen atoms in total. The fourth-order valence-corrected chi connectivity index (χ4v) is 9.22. The third kappa shape index (κ3) is 41.6. The van der Waals surface area contributed by atoms with Crippen molar-refractivity contribution in [2.75, 3.05) is 19.7 Å². The van der Waals surface area contributed by atoms with E-state index in [1.54, 1.807) is 0 Å². The van der Waals surface area contributed by atoms with Gasteiger partial charge in [0.2, 0.25) is 0 Å². The highest BCUT2D eigenvalue weighted by Crippen LogP contribution is 2.47. The van der Waals surface area contributed by atoms with Crippen molar-refractivity contribution in [2.45, 2.75) is 290 Å². The summed E-state index contributed by atoms with van der Waals surface area (Å²) in [6.07, 6.45) is 56.3. The molecule has 0 aromatic rings. The third-order valence-corrected chi connectivity index (χ3v) is 13.3. The molecule has 1 unspecified atom stereocenters. The summed E-state index contributed by atoms with van der Waals surface area (Å²) in [5, 5.41) is 0. The van der Waals surface area contributed by atoms with Gasteiger partial charge in [-0.05, 0) is 19.3 Å². The van der Waals surface area contributed by atoms with Gasteiger partial charge < -0.3 is 4.89 Å². The first-order valence-electron chi connectivity index (χ1n) is 24.8. The second-order valence-electron chi connectivity index (χ2n) is 17.1. The summed E-state index contributed by atoms with van der Waals surface area (Å²) in [5.74, 6) is 0. The molecule has 0 radical (unpaired) electrons. The Hall–Kier alpha value is 0.110. The Labute approximate surface area is 335 Å². The minimum absolute atomic E-state index is 0.405. The Bertz CT molecular complexity index is 677. The number of rotatable bonds is 47. The summed E-state index contributed by atoms with van der Waals surface area (Å²) in [4.78, 5) is 10.9. The van der Waals surface area contributed by atoms with E-state index in [1.807, 2.05) is 4.67 Å².